The molecule has 0 atom stereocenters. The number of hydrogen-bond acceptors (Lipinski definition) is 6. The van der Waals surface area contributed by atoms with E-state index in [0.29, 0.717) is 13.1 Å². The highest BCUT2D eigenvalue weighted by Gasteiger charge is 2.52. The first-order chi connectivity index (χ1) is 14.5. The smallest absolute Gasteiger partial charge is 0.447 e. The molecule has 3 fully saturated rings. The number of rotatable bonds is 3. The molecule has 3 aliphatic rings. The first kappa shape index (κ1) is 21.5. The van der Waals surface area contributed by atoms with Gasteiger partial charge in [0, 0.05) is 26.2 Å². The van der Waals surface area contributed by atoms with E-state index in [1.807, 2.05) is 0 Å². The molecule has 0 radical (unpaired) electrons. The van der Waals surface area contributed by atoms with Gasteiger partial charge in [0.1, 0.15) is 17.9 Å². The molecule has 31 heavy (non-hydrogen) atoms. The summed E-state index contributed by atoms with van der Waals surface area (Å²) in [5.41, 5.74) is -0.542. The predicted octanol–water partition coefficient (Wildman–Crippen LogP) is 0.806. The third-order valence-corrected chi connectivity index (χ3v) is 7.22. The van der Waals surface area contributed by atoms with E-state index in [9.17, 15) is 31.2 Å². The lowest BCUT2D eigenvalue weighted by Gasteiger charge is -2.48. The number of halogens is 3. The van der Waals surface area contributed by atoms with Crippen LogP contribution in [0.4, 0.5) is 22.8 Å². The molecule has 0 saturated carbocycles. The molecule has 170 valence electrons. The topological polar surface area (TPSA) is 108 Å². The summed E-state index contributed by atoms with van der Waals surface area (Å²) in [6.07, 6.45) is -5.38. The summed E-state index contributed by atoms with van der Waals surface area (Å²) in [5, 5.41) is 2.68. The number of benzene rings is 1. The Morgan fingerprint density at radius 2 is 1.68 bits per heavy atom. The number of hydrogen-bond donors (Lipinski definition) is 1. The Balaban J connectivity index is 1.32. The van der Waals surface area contributed by atoms with Crippen LogP contribution in [0.1, 0.15) is 0 Å². The molecule has 0 aliphatic carbocycles. The predicted molar refractivity (Wildman–Crippen MR) is 97.6 cm³/mol. The van der Waals surface area contributed by atoms with Crippen molar-refractivity contribution in [2.45, 2.75) is 16.8 Å². The van der Waals surface area contributed by atoms with Gasteiger partial charge in [-0.05, 0) is 24.3 Å². The number of alkyl halides is 3. The second-order valence-corrected chi connectivity index (χ2v) is 9.47. The Hall–Kier alpha value is -2.74. The number of alkyl carbamates (subject to hydrolysis) is 1. The summed E-state index contributed by atoms with van der Waals surface area (Å²) in [4.78, 5) is 26.7. The number of ether oxygens (including phenoxy) is 2. The lowest BCUT2D eigenvalue weighted by molar-refractivity contribution is -0.274. The van der Waals surface area contributed by atoms with Crippen molar-refractivity contribution in [2.75, 3.05) is 45.9 Å². The Labute approximate surface area is 175 Å². The van der Waals surface area contributed by atoms with Crippen molar-refractivity contribution in [1.29, 1.82) is 0 Å². The molecule has 3 aliphatic heterocycles. The third kappa shape index (κ3) is 4.35. The van der Waals surface area contributed by atoms with Gasteiger partial charge in [0.15, 0.2) is 0 Å². The molecule has 0 aromatic heterocycles. The number of piperazine rings is 1. The number of sulfonamides is 1. The van der Waals surface area contributed by atoms with Crippen LogP contribution < -0.4 is 10.1 Å². The zero-order chi connectivity index (χ0) is 22.4. The van der Waals surface area contributed by atoms with Crippen molar-refractivity contribution >= 4 is 22.1 Å². The van der Waals surface area contributed by atoms with Crippen molar-refractivity contribution in [3.05, 3.63) is 24.3 Å². The fraction of sp³-hybridized carbons (Fsp3) is 0.529. The molecule has 0 unspecified atom stereocenters. The average molecular weight is 464 g/mol. The van der Waals surface area contributed by atoms with Crippen LogP contribution >= 0.6 is 0 Å². The van der Waals surface area contributed by atoms with Gasteiger partial charge in [-0.2, -0.15) is 4.31 Å². The van der Waals surface area contributed by atoms with Crippen LogP contribution in [0.25, 0.3) is 0 Å². The molecule has 1 aromatic rings. The van der Waals surface area contributed by atoms with Crippen molar-refractivity contribution in [3.8, 4) is 5.75 Å². The van der Waals surface area contributed by atoms with E-state index in [2.05, 4.69) is 10.1 Å². The van der Waals surface area contributed by atoms with E-state index in [0.717, 1.165) is 24.3 Å². The largest absolute Gasteiger partial charge is 0.573 e. The minimum Gasteiger partial charge on any atom is -0.447 e. The molecule has 3 saturated heterocycles. The number of amides is 3. The Kier molecular flexibility index (Phi) is 5.16. The normalized spacial score (nSPS) is 21.5. The first-order valence-electron chi connectivity index (χ1n) is 9.32. The van der Waals surface area contributed by atoms with Crippen molar-refractivity contribution < 1.29 is 40.7 Å². The highest BCUT2D eigenvalue weighted by Crippen LogP contribution is 2.28. The standard InChI is InChI=1S/C17H19F3N4O6S/c18-17(19,20)30-12-1-3-13(4-2-12)31(27,28)24-7-5-22(6-8-24)15(26)23-9-16(10-23)11-29-14(25)21-16/h1-4H,5-11H2,(H,21,25). The molecule has 0 bridgehead atoms. The van der Waals surface area contributed by atoms with E-state index in [1.165, 1.54) is 9.21 Å². The molecular formula is C17H19F3N4O6S. The average Bonchev–Trinajstić information content (AvgIpc) is 3.08. The summed E-state index contributed by atoms with van der Waals surface area (Å²) in [6, 6.07) is 3.71. The highest BCUT2D eigenvalue weighted by molar-refractivity contribution is 7.89. The van der Waals surface area contributed by atoms with Crippen LogP contribution in [-0.2, 0) is 14.8 Å². The van der Waals surface area contributed by atoms with Crippen molar-refractivity contribution in [3.63, 3.8) is 0 Å². The van der Waals surface area contributed by atoms with Crippen LogP contribution in [-0.4, -0.2) is 92.4 Å². The zero-order valence-electron chi connectivity index (χ0n) is 16.1. The van der Waals surface area contributed by atoms with Crippen molar-refractivity contribution in [1.82, 2.24) is 19.4 Å². The molecule has 4 rings (SSSR count). The van der Waals surface area contributed by atoms with E-state index >= 15 is 0 Å². The van der Waals surface area contributed by atoms with Gasteiger partial charge in [0.2, 0.25) is 10.0 Å². The van der Waals surface area contributed by atoms with Crippen LogP contribution in [0.15, 0.2) is 29.2 Å². The van der Waals surface area contributed by atoms with Gasteiger partial charge < -0.3 is 24.6 Å². The van der Waals surface area contributed by atoms with Gasteiger partial charge in [-0.15, -0.1) is 13.2 Å². The van der Waals surface area contributed by atoms with Crippen molar-refractivity contribution in [2.24, 2.45) is 0 Å². The van der Waals surface area contributed by atoms with Gasteiger partial charge in [-0.25, -0.2) is 18.0 Å². The second kappa shape index (κ2) is 7.44. The Morgan fingerprint density at radius 1 is 1.06 bits per heavy atom. The molecule has 1 N–H and O–H groups in total. The number of carbonyl (C=O) groups is 2. The Morgan fingerprint density at radius 3 is 2.19 bits per heavy atom. The summed E-state index contributed by atoms with van der Waals surface area (Å²) < 4.78 is 72.1. The second-order valence-electron chi connectivity index (χ2n) is 7.53. The van der Waals surface area contributed by atoms with Gasteiger partial charge in [-0.1, -0.05) is 0 Å². The Bertz CT molecular complexity index is 971. The van der Waals surface area contributed by atoms with Gasteiger partial charge in [0.25, 0.3) is 0 Å². The molecule has 1 spiro atoms. The maximum absolute atomic E-state index is 12.8. The SMILES string of the molecule is O=C1NC2(CO1)CN(C(=O)N1CCN(S(=O)(=O)c3ccc(OC(F)(F)F)cc3)CC1)C2. The zero-order valence-corrected chi connectivity index (χ0v) is 16.9. The summed E-state index contributed by atoms with van der Waals surface area (Å²) >= 11 is 0. The summed E-state index contributed by atoms with van der Waals surface area (Å²) in [6.45, 7) is 1.28. The minimum absolute atomic E-state index is 0.0493. The lowest BCUT2D eigenvalue weighted by Crippen LogP contribution is -2.72. The van der Waals surface area contributed by atoms with Crippen LogP contribution in [0.5, 0.6) is 5.75 Å². The van der Waals surface area contributed by atoms with E-state index < -0.39 is 33.8 Å². The molecule has 14 heteroatoms. The quantitative estimate of drug-likeness (QED) is 0.709. The number of cyclic esters (lactones) is 1. The number of carbonyl (C=O) groups excluding carboxylic acids is 2. The molecule has 10 nitrogen and oxygen atoms in total. The molecular weight excluding hydrogens is 445 g/mol. The van der Waals surface area contributed by atoms with Crippen LogP contribution in [0.3, 0.4) is 0 Å². The number of nitrogens with one attached hydrogen (secondary N) is 1. The first-order valence-corrected chi connectivity index (χ1v) is 10.8. The molecule has 3 amide bonds. The van der Waals surface area contributed by atoms with E-state index in [1.54, 1.807) is 4.90 Å². The fourth-order valence-corrected chi connectivity index (χ4v) is 5.19. The maximum atomic E-state index is 12.8. The number of likely N-dealkylation sites (tertiary alicyclic amines) is 1. The third-order valence-electron chi connectivity index (χ3n) is 5.31. The maximum Gasteiger partial charge on any atom is 0.573 e. The highest BCUT2D eigenvalue weighted by atomic mass is 32.2. The van der Waals surface area contributed by atoms with E-state index in [4.69, 9.17) is 4.74 Å². The van der Waals surface area contributed by atoms with Gasteiger partial charge in [-0.3, -0.25) is 0 Å². The molecule has 1 aromatic carbocycles. The number of urea groups is 1. The van der Waals surface area contributed by atoms with E-state index in [-0.39, 0.29) is 43.7 Å². The van der Waals surface area contributed by atoms with Crippen LogP contribution in [0, 0.1) is 0 Å². The summed E-state index contributed by atoms with van der Waals surface area (Å²) in [5.74, 6) is -0.516. The fourth-order valence-electron chi connectivity index (χ4n) is 3.76. The number of nitrogens with zero attached hydrogens (tertiary/aromatic N) is 3. The molecule has 3 heterocycles. The van der Waals surface area contributed by atoms with Gasteiger partial charge >= 0.3 is 18.5 Å². The summed E-state index contributed by atoms with van der Waals surface area (Å²) in [7, 11) is -3.93. The van der Waals surface area contributed by atoms with Gasteiger partial charge in [0.05, 0.1) is 18.0 Å². The monoisotopic (exact) mass is 464 g/mol. The van der Waals surface area contributed by atoms with Crippen LogP contribution in [0.2, 0.25) is 0 Å². The lowest BCUT2D eigenvalue weighted by atomic mass is 9.92. The minimum atomic E-state index is -4.87.